The molecule has 33 heavy (non-hydrogen) atoms. The molecule has 0 saturated heterocycles. The highest BCUT2D eigenvalue weighted by molar-refractivity contribution is 5.80. The Kier molecular flexibility index (Phi) is 6.19. The van der Waals surface area contributed by atoms with E-state index in [0.717, 1.165) is 48.1 Å². The maximum absolute atomic E-state index is 12.5. The zero-order chi connectivity index (χ0) is 22.5. The second-order valence-electron chi connectivity index (χ2n) is 8.35. The van der Waals surface area contributed by atoms with Gasteiger partial charge in [0.15, 0.2) is 0 Å². The number of hydrogen-bond acceptors (Lipinski definition) is 4. The summed E-state index contributed by atoms with van der Waals surface area (Å²) in [6.45, 7) is 1.86. The van der Waals surface area contributed by atoms with Crippen LogP contribution in [0.4, 0.5) is 10.6 Å². The average Bonchev–Trinajstić information content (AvgIpc) is 3.26. The molecule has 0 aliphatic heterocycles. The van der Waals surface area contributed by atoms with Gasteiger partial charge in [-0.3, -0.25) is 4.68 Å². The molecule has 168 valence electrons. The summed E-state index contributed by atoms with van der Waals surface area (Å²) in [7, 11) is 0. The molecule has 2 heterocycles. The SMILES string of the molecule is O=C(NCCNc1ccc2ccccc2n1)NC1CCCc2c1cnn2Cc1ccccc1. The van der Waals surface area contributed by atoms with Crippen LogP contribution in [0.2, 0.25) is 0 Å². The minimum atomic E-state index is -0.156. The van der Waals surface area contributed by atoms with Crippen molar-refractivity contribution >= 4 is 22.8 Å². The number of nitrogens with zero attached hydrogens (tertiary/aromatic N) is 3. The van der Waals surface area contributed by atoms with Crippen molar-refractivity contribution in [2.45, 2.75) is 31.8 Å². The van der Waals surface area contributed by atoms with Crippen LogP contribution in [0.5, 0.6) is 0 Å². The molecule has 4 aromatic rings. The number of aromatic nitrogens is 3. The van der Waals surface area contributed by atoms with Crippen molar-refractivity contribution in [1.82, 2.24) is 25.4 Å². The Morgan fingerprint density at radius 2 is 1.85 bits per heavy atom. The minimum absolute atomic E-state index is 0.00612. The third-order valence-corrected chi connectivity index (χ3v) is 6.06. The van der Waals surface area contributed by atoms with Crippen LogP contribution in [0.1, 0.15) is 35.7 Å². The lowest BCUT2D eigenvalue weighted by Crippen LogP contribution is -2.40. The third-order valence-electron chi connectivity index (χ3n) is 6.06. The number of urea groups is 1. The fourth-order valence-corrected chi connectivity index (χ4v) is 4.40. The summed E-state index contributed by atoms with van der Waals surface area (Å²) in [5.74, 6) is 0.804. The largest absolute Gasteiger partial charge is 0.368 e. The number of pyridine rings is 1. The number of para-hydroxylation sites is 1. The van der Waals surface area contributed by atoms with Gasteiger partial charge in [-0.05, 0) is 43.0 Å². The Balaban J connectivity index is 1.12. The first kappa shape index (κ1) is 21.0. The molecule has 1 aliphatic rings. The molecule has 2 aromatic heterocycles. The number of nitrogens with one attached hydrogen (secondary N) is 3. The summed E-state index contributed by atoms with van der Waals surface area (Å²) in [4.78, 5) is 17.1. The van der Waals surface area contributed by atoms with Crippen LogP contribution >= 0.6 is 0 Å². The van der Waals surface area contributed by atoms with E-state index < -0.39 is 0 Å². The summed E-state index contributed by atoms with van der Waals surface area (Å²) >= 11 is 0. The molecule has 0 radical (unpaired) electrons. The van der Waals surface area contributed by atoms with Crippen LogP contribution in [-0.4, -0.2) is 33.9 Å². The van der Waals surface area contributed by atoms with Crippen molar-refractivity contribution in [1.29, 1.82) is 0 Å². The Hall–Kier alpha value is -3.87. The van der Waals surface area contributed by atoms with E-state index in [9.17, 15) is 4.79 Å². The summed E-state index contributed by atoms with van der Waals surface area (Å²) in [5.41, 5.74) is 4.53. The molecule has 0 fully saturated rings. The summed E-state index contributed by atoms with van der Waals surface area (Å²) < 4.78 is 2.07. The van der Waals surface area contributed by atoms with Crippen LogP contribution in [0.3, 0.4) is 0 Å². The minimum Gasteiger partial charge on any atom is -0.368 e. The Labute approximate surface area is 193 Å². The topological polar surface area (TPSA) is 83.9 Å². The molecule has 2 aromatic carbocycles. The van der Waals surface area contributed by atoms with Crippen molar-refractivity contribution in [3.63, 3.8) is 0 Å². The van der Waals surface area contributed by atoms with E-state index >= 15 is 0 Å². The molecule has 0 bridgehead atoms. The predicted molar refractivity (Wildman–Crippen MR) is 130 cm³/mol. The summed E-state index contributed by atoms with van der Waals surface area (Å²) in [6.07, 6.45) is 4.87. The zero-order valence-corrected chi connectivity index (χ0v) is 18.5. The molecule has 1 atom stereocenters. The van der Waals surface area contributed by atoms with Crippen LogP contribution in [0.25, 0.3) is 10.9 Å². The van der Waals surface area contributed by atoms with Gasteiger partial charge in [0.05, 0.1) is 24.3 Å². The van der Waals surface area contributed by atoms with Crippen molar-refractivity contribution in [3.8, 4) is 0 Å². The average molecular weight is 441 g/mol. The summed E-state index contributed by atoms with van der Waals surface area (Å²) in [5, 5.41) is 15.1. The molecular weight excluding hydrogens is 412 g/mol. The third kappa shape index (κ3) is 4.98. The highest BCUT2D eigenvalue weighted by atomic mass is 16.2. The Morgan fingerprint density at radius 3 is 2.76 bits per heavy atom. The van der Waals surface area contributed by atoms with Crippen LogP contribution < -0.4 is 16.0 Å². The molecule has 5 rings (SSSR count). The summed E-state index contributed by atoms with van der Waals surface area (Å²) in [6, 6.07) is 22.2. The molecule has 0 saturated carbocycles. The van der Waals surface area contributed by atoms with Crippen LogP contribution in [0, 0.1) is 0 Å². The number of hydrogen-bond donors (Lipinski definition) is 3. The van der Waals surface area contributed by atoms with Gasteiger partial charge in [0, 0.05) is 29.7 Å². The molecule has 1 aliphatic carbocycles. The number of carbonyl (C=O) groups is 1. The second-order valence-corrected chi connectivity index (χ2v) is 8.35. The molecule has 3 N–H and O–H groups in total. The van der Waals surface area contributed by atoms with Crippen molar-refractivity contribution in [2.75, 3.05) is 18.4 Å². The quantitative estimate of drug-likeness (QED) is 0.375. The van der Waals surface area contributed by atoms with E-state index in [-0.39, 0.29) is 12.1 Å². The number of amides is 2. The smallest absolute Gasteiger partial charge is 0.315 e. The van der Waals surface area contributed by atoms with Gasteiger partial charge in [0.25, 0.3) is 0 Å². The van der Waals surface area contributed by atoms with Gasteiger partial charge >= 0.3 is 6.03 Å². The van der Waals surface area contributed by atoms with E-state index in [4.69, 9.17) is 0 Å². The maximum Gasteiger partial charge on any atom is 0.315 e. The Bertz CT molecular complexity index is 1240. The number of carbonyl (C=O) groups excluding carboxylic acids is 1. The van der Waals surface area contributed by atoms with Gasteiger partial charge in [0.2, 0.25) is 0 Å². The van der Waals surface area contributed by atoms with Crippen LogP contribution in [-0.2, 0) is 13.0 Å². The first-order chi connectivity index (χ1) is 16.3. The van der Waals surface area contributed by atoms with E-state index in [1.165, 1.54) is 11.3 Å². The zero-order valence-electron chi connectivity index (χ0n) is 18.5. The molecule has 2 amide bonds. The lowest BCUT2D eigenvalue weighted by Gasteiger charge is -2.24. The van der Waals surface area contributed by atoms with Crippen molar-refractivity contribution in [2.24, 2.45) is 0 Å². The second kappa shape index (κ2) is 9.73. The number of benzene rings is 2. The lowest BCUT2D eigenvalue weighted by atomic mass is 9.93. The van der Waals surface area contributed by atoms with Gasteiger partial charge in [-0.2, -0.15) is 5.10 Å². The molecule has 0 spiro atoms. The van der Waals surface area contributed by atoms with Crippen molar-refractivity contribution < 1.29 is 4.79 Å². The molecular formula is C26H28N6O. The molecule has 7 heteroatoms. The standard InChI is InChI=1S/C26H28N6O/c33-26(28-16-15-27-25-14-13-20-9-4-5-10-22(20)30-25)31-23-11-6-12-24-21(23)17-29-32(24)18-19-7-2-1-3-8-19/h1-5,7-10,13-14,17,23H,6,11-12,15-16,18H2,(H,27,30)(H2,28,31,33). The van der Waals surface area contributed by atoms with E-state index in [2.05, 4.69) is 42.8 Å². The van der Waals surface area contributed by atoms with Crippen molar-refractivity contribution in [3.05, 3.63) is 89.7 Å². The Morgan fingerprint density at radius 1 is 1.00 bits per heavy atom. The van der Waals surface area contributed by atoms with Gasteiger partial charge in [0.1, 0.15) is 5.82 Å². The fraction of sp³-hybridized carbons (Fsp3) is 0.269. The van der Waals surface area contributed by atoms with E-state index in [1.54, 1.807) is 0 Å². The first-order valence-electron chi connectivity index (χ1n) is 11.5. The highest BCUT2D eigenvalue weighted by Crippen LogP contribution is 2.29. The first-order valence-corrected chi connectivity index (χ1v) is 11.5. The normalized spacial score (nSPS) is 15.1. The lowest BCUT2D eigenvalue weighted by molar-refractivity contribution is 0.236. The monoisotopic (exact) mass is 440 g/mol. The predicted octanol–water partition coefficient (Wildman–Crippen LogP) is 4.27. The molecule has 1 unspecified atom stereocenters. The van der Waals surface area contributed by atoms with Crippen LogP contribution in [0.15, 0.2) is 72.9 Å². The van der Waals surface area contributed by atoms with E-state index in [0.29, 0.717) is 13.1 Å². The maximum atomic E-state index is 12.5. The van der Waals surface area contributed by atoms with E-state index in [1.807, 2.05) is 60.8 Å². The van der Waals surface area contributed by atoms with Gasteiger partial charge in [-0.1, -0.05) is 48.5 Å². The number of rotatable bonds is 7. The van der Waals surface area contributed by atoms with Gasteiger partial charge in [-0.15, -0.1) is 0 Å². The number of anilines is 1. The molecule has 7 nitrogen and oxygen atoms in total. The van der Waals surface area contributed by atoms with Gasteiger partial charge < -0.3 is 16.0 Å². The number of fused-ring (bicyclic) bond motifs is 2. The highest BCUT2D eigenvalue weighted by Gasteiger charge is 2.25. The fourth-order valence-electron chi connectivity index (χ4n) is 4.40. The van der Waals surface area contributed by atoms with Gasteiger partial charge in [-0.25, -0.2) is 9.78 Å².